The van der Waals surface area contributed by atoms with Crippen molar-refractivity contribution >= 4 is 5.97 Å². The molecule has 0 radical (unpaired) electrons. The number of methoxy groups -OCH3 is 1. The molecule has 0 atom stereocenters. The number of hydrogen-bond donors (Lipinski definition) is 0. The van der Waals surface area contributed by atoms with E-state index in [0.29, 0.717) is 11.5 Å². The van der Waals surface area contributed by atoms with Gasteiger partial charge in [0, 0.05) is 5.57 Å². The molecule has 0 spiro atoms. The Kier molecular flexibility index (Phi) is 5.09. The fraction of sp³-hybridized carbons (Fsp3) is 0.500. The smallest absolute Gasteiger partial charge is 0.333 e. The van der Waals surface area contributed by atoms with Crippen molar-refractivity contribution in [3.63, 3.8) is 0 Å². The minimum absolute atomic E-state index is 0.275. The first-order valence-corrected chi connectivity index (χ1v) is 4.01. The Bertz CT molecular complexity index is 200. The molecule has 0 bridgehead atoms. The summed E-state index contributed by atoms with van der Waals surface area (Å²) < 4.78 is 4.53. The maximum Gasteiger partial charge on any atom is 0.333 e. The third kappa shape index (κ3) is 4.72. The van der Waals surface area contributed by atoms with E-state index in [1.54, 1.807) is 13.0 Å². The van der Waals surface area contributed by atoms with Gasteiger partial charge in [0.05, 0.1) is 7.11 Å². The molecule has 0 saturated carbocycles. The average molecular weight is 168 g/mol. The van der Waals surface area contributed by atoms with Crippen molar-refractivity contribution in [2.45, 2.75) is 20.8 Å². The Hall–Kier alpha value is -1.05. The van der Waals surface area contributed by atoms with Crippen LogP contribution >= 0.6 is 0 Å². The van der Waals surface area contributed by atoms with Gasteiger partial charge in [-0.15, -0.1) is 0 Å². The fourth-order valence-corrected chi connectivity index (χ4v) is 0.651. The molecule has 68 valence electrons. The van der Waals surface area contributed by atoms with Crippen molar-refractivity contribution in [1.29, 1.82) is 0 Å². The third-order valence-corrected chi connectivity index (χ3v) is 1.35. The molecule has 0 heterocycles. The molecule has 2 heteroatoms. The lowest BCUT2D eigenvalue weighted by molar-refractivity contribution is -0.136. The molecule has 0 fully saturated rings. The van der Waals surface area contributed by atoms with Crippen molar-refractivity contribution in [3.8, 4) is 0 Å². The minimum Gasteiger partial charge on any atom is -0.466 e. The Balaban J connectivity index is 4.09. The van der Waals surface area contributed by atoms with Crippen LogP contribution in [0.3, 0.4) is 0 Å². The number of carbonyl (C=O) groups excluding carboxylic acids is 1. The average Bonchev–Trinajstić information content (AvgIpc) is 2.02. The molecule has 0 aromatic heterocycles. The Morgan fingerprint density at radius 2 is 2.00 bits per heavy atom. The van der Waals surface area contributed by atoms with Crippen LogP contribution in [0.5, 0.6) is 0 Å². The zero-order valence-corrected chi connectivity index (χ0v) is 8.13. The monoisotopic (exact) mass is 168 g/mol. The van der Waals surface area contributed by atoms with E-state index in [9.17, 15) is 4.79 Å². The van der Waals surface area contributed by atoms with Gasteiger partial charge < -0.3 is 4.74 Å². The van der Waals surface area contributed by atoms with Crippen molar-refractivity contribution in [1.82, 2.24) is 0 Å². The summed E-state index contributed by atoms with van der Waals surface area (Å²) >= 11 is 0. The number of hydrogen-bond acceptors (Lipinski definition) is 2. The van der Waals surface area contributed by atoms with Gasteiger partial charge in [-0.2, -0.15) is 0 Å². The number of rotatable bonds is 3. The van der Waals surface area contributed by atoms with E-state index in [1.165, 1.54) is 7.11 Å². The topological polar surface area (TPSA) is 26.3 Å². The molecule has 12 heavy (non-hydrogen) atoms. The zero-order chi connectivity index (χ0) is 9.56. The maximum absolute atomic E-state index is 10.9. The number of ether oxygens (including phenoxy) is 1. The highest BCUT2D eigenvalue weighted by molar-refractivity contribution is 5.87. The molecule has 0 aromatic rings. The first kappa shape index (κ1) is 11.0. The van der Waals surface area contributed by atoms with E-state index in [-0.39, 0.29) is 5.97 Å². The van der Waals surface area contributed by atoms with Crippen LogP contribution in [0.4, 0.5) is 0 Å². The van der Waals surface area contributed by atoms with E-state index >= 15 is 0 Å². The van der Waals surface area contributed by atoms with Crippen LogP contribution in [-0.2, 0) is 9.53 Å². The van der Waals surface area contributed by atoms with Gasteiger partial charge in [0.15, 0.2) is 0 Å². The second kappa shape index (κ2) is 5.58. The number of carbonyl (C=O) groups is 1. The molecule has 0 aromatic carbocycles. The van der Waals surface area contributed by atoms with E-state index in [0.717, 1.165) is 0 Å². The fourth-order valence-electron chi connectivity index (χ4n) is 0.651. The summed E-state index contributed by atoms with van der Waals surface area (Å²) in [6, 6.07) is 0. The molecule has 0 rings (SSSR count). The normalized spacial score (nSPS) is 12.6. The first-order valence-electron chi connectivity index (χ1n) is 4.01. The standard InChI is InChI=1S/C10H16O2/c1-8(2)6-5-7-9(3)10(11)12-4/h5-8H,1-4H3/b6-5+,9-7+. The summed E-state index contributed by atoms with van der Waals surface area (Å²) in [5.41, 5.74) is 0.620. The van der Waals surface area contributed by atoms with Gasteiger partial charge in [-0.1, -0.05) is 32.1 Å². The van der Waals surface area contributed by atoms with Gasteiger partial charge in [-0.05, 0) is 12.8 Å². The largest absolute Gasteiger partial charge is 0.466 e. The van der Waals surface area contributed by atoms with Crippen LogP contribution in [0.15, 0.2) is 23.8 Å². The Morgan fingerprint density at radius 3 is 2.42 bits per heavy atom. The van der Waals surface area contributed by atoms with Crippen LogP contribution in [0.25, 0.3) is 0 Å². The second-order valence-electron chi connectivity index (χ2n) is 2.97. The predicted molar refractivity (Wildman–Crippen MR) is 49.8 cm³/mol. The summed E-state index contributed by atoms with van der Waals surface area (Å²) in [5, 5.41) is 0. The summed E-state index contributed by atoms with van der Waals surface area (Å²) in [4.78, 5) is 10.9. The SMILES string of the molecule is COC(=O)/C(C)=C/C=C/C(C)C. The van der Waals surface area contributed by atoms with Crippen LogP contribution in [0, 0.1) is 5.92 Å². The van der Waals surface area contributed by atoms with Crippen LogP contribution in [0.2, 0.25) is 0 Å². The van der Waals surface area contributed by atoms with Gasteiger partial charge in [0.25, 0.3) is 0 Å². The van der Waals surface area contributed by atoms with Gasteiger partial charge in [-0.3, -0.25) is 0 Å². The molecule has 0 aliphatic rings. The second-order valence-corrected chi connectivity index (χ2v) is 2.97. The molecular formula is C10H16O2. The minimum atomic E-state index is -0.275. The summed E-state index contributed by atoms with van der Waals surface area (Å²) in [6.45, 7) is 5.89. The van der Waals surface area contributed by atoms with Gasteiger partial charge in [0.1, 0.15) is 0 Å². The van der Waals surface area contributed by atoms with Crippen LogP contribution < -0.4 is 0 Å². The third-order valence-electron chi connectivity index (χ3n) is 1.35. The highest BCUT2D eigenvalue weighted by atomic mass is 16.5. The van der Waals surface area contributed by atoms with E-state index < -0.39 is 0 Å². The Labute approximate surface area is 73.9 Å². The number of esters is 1. The molecule has 0 aliphatic heterocycles. The highest BCUT2D eigenvalue weighted by Crippen LogP contribution is 1.98. The number of allylic oxidation sites excluding steroid dienone is 3. The Morgan fingerprint density at radius 1 is 1.42 bits per heavy atom. The lowest BCUT2D eigenvalue weighted by Crippen LogP contribution is -2.00. The molecule has 0 N–H and O–H groups in total. The molecule has 0 aliphatic carbocycles. The van der Waals surface area contributed by atoms with Gasteiger partial charge >= 0.3 is 5.97 Å². The zero-order valence-electron chi connectivity index (χ0n) is 8.13. The molecule has 2 nitrogen and oxygen atoms in total. The van der Waals surface area contributed by atoms with Crippen molar-refractivity contribution in [2.75, 3.05) is 7.11 Å². The van der Waals surface area contributed by atoms with Crippen LogP contribution in [0.1, 0.15) is 20.8 Å². The van der Waals surface area contributed by atoms with Crippen LogP contribution in [-0.4, -0.2) is 13.1 Å². The quantitative estimate of drug-likeness (QED) is 0.367. The first-order chi connectivity index (χ1) is 5.57. The van der Waals surface area contributed by atoms with E-state index in [1.807, 2.05) is 12.2 Å². The summed E-state index contributed by atoms with van der Waals surface area (Å²) in [7, 11) is 1.38. The van der Waals surface area contributed by atoms with E-state index in [2.05, 4.69) is 18.6 Å². The lowest BCUT2D eigenvalue weighted by atomic mass is 10.2. The van der Waals surface area contributed by atoms with Gasteiger partial charge in [0.2, 0.25) is 0 Å². The van der Waals surface area contributed by atoms with E-state index in [4.69, 9.17) is 0 Å². The summed E-state index contributed by atoms with van der Waals surface area (Å²) in [6.07, 6.45) is 5.65. The predicted octanol–water partition coefficient (Wildman–Crippen LogP) is 2.32. The van der Waals surface area contributed by atoms with Crippen molar-refractivity contribution in [2.24, 2.45) is 5.92 Å². The maximum atomic E-state index is 10.9. The molecule has 0 saturated heterocycles. The van der Waals surface area contributed by atoms with Gasteiger partial charge in [-0.25, -0.2) is 4.79 Å². The summed E-state index contributed by atoms with van der Waals surface area (Å²) in [5.74, 6) is 0.232. The van der Waals surface area contributed by atoms with Crippen molar-refractivity contribution in [3.05, 3.63) is 23.8 Å². The van der Waals surface area contributed by atoms with Crippen molar-refractivity contribution < 1.29 is 9.53 Å². The molecule has 0 amide bonds. The highest BCUT2D eigenvalue weighted by Gasteiger charge is 1.99. The lowest BCUT2D eigenvalue weighted by Gasteiger charge is -1.95. The molecule has 0 unspecified atom stereocenters. The molecular weight excluding hydrogens is 152 g/mol.